The Bertz CT molecular complexity index is 736. The second-order valence-corrected chi connectivity index (χ2v) is 4.60. The highest BCUT2D eigenvalue weighted by atomic mass is 14.9. The maximum Gasteiger partial charge on any atom is 0.147 e. The van der Waals surface area contributed by atoms with Crippen LogP contribution in [0.2, 0.25) is 0 Å². The average molecular weight is 261 g/mol. The number of hydrogen-bond acceptors (Lipinski definition) is 3. The zero-order chi connectivity index (χ0) is 13.9. The van der Waals surface area contributed by atoms with Crippen molar-refractivity contribution in [2.24, 2.45) is 0 Å². The number of rotatable bonds is 2. The van der Waals surface area contributed by atoms with Gasteiger partial charge < -0.3 is 11.5 Å². The number of aromatic nitrogens is 1. The second-order valence-electron chi connectivity index (χ2n) is 4.60. The third kappa shape index (κ3) is 2.21. The van der Waals surface area contributed by atoms with Crippen LogP contribution in [0.15, 0.2) is 66.9 Å². The quantitative estimate of drug-likeness (QED) is 0.741. The minimum absolute atomic E-state index is 0.368. The van der Waals surface area contributed by atoms with Gasteiger partial charge in [-0.25, -0.2) is 4.98 Å². The normalized spacial score (nSPS) is 10.4. The van der Waals surface area contributed by atoms with Crippen LogP contribution in [-0.4, -0.2) is 4.98 Å². The minimum Gasteiger partial charge on any atom is -0.395 e. The van der Waals surface area contributed by atoms with Crippen LogP contribution < -0.4 is 11.5 Å². The molecule has 3 rings (SSSR count). The van der Waals surface area contributed by atoms with Crippen molar-refractivity contribution in [2.75, 3.05) is 11.5 Å². The van der Waals surface area contributed by atoms with E-state index in [9.17, 15) is 0 Å². The summed E-state index contributed by atoms with van der Waals surface area (Å²) in [5.74, 6) is 0.368. The zero-order valence-electron chi connectivity index (χ0n) is 11.0. The first-order valence-electron chi connectivity index (χ1n) is 6.41. The van der Waals surface area contributed by atoms with Crippen LogP contribution in [0, 0.1) is 0 Å². The second kappa shape index (κ2) is 5.05. The lowest BCUT2D eigenvalue weighted by Gasteiger charge is -2.09. The van der Waals surface area contributed by atoms with E-state index in [0.29, 0.717) is 11.5 Å². The lowest BCUT2D eigenvalue weighted by molar-refractivity contribution is 1.34. The van der Waals surface area contributed by atoms with Crippen LogP contribution in [0.1, 0.15) is 0 Å². The first-order valence-corrected chi connectivity index (χ1v) is 6.41. The minimum atomic E-state index is 0.368. The number of nitrogen functional groups attached to an aromatic ring is 2. The molecular formula is C17H15N3. The third-order valence-corrected chi connectivity index (χ3v) is 3.30. The molecule has 3 heteroatoms. The monoisotopic (exact) mass is 261 g/mol. The lowest BCUT2D eigenvalue weighted by atomic mass is 9.99. The largest absolute Gasteiger partial charge is 0.395 e. The van der Waals surface area contributed by atoms with Crippen molar-refractivity contribution in [2.45, 2.75) is 0 Å². The predicted molar refractivity (Wildman–Crippen MR) is 83.9 cm³/mol. The highest BCUT2D eigenvalue weighted by Crippen LogP contribution is 2.31. The van der Waals surface area contributed by atoms with E-state index in [0.717, 1.165) is 16.7 Å². The zero-order valence-corrected chi connectivity index (χ0v) is 11.0. The summed E-state index contributed by atoms with van der Waals surface area (Å²) in [4.78, 5) is 4.00. The topological polar surface area (TPSA) is 64.9 Å². The maximum atomic E-state index is 6.02. The maximum absolute atomic E-state index is 6.02. The van der Waals surface area contributed by atoms with E-state index in [1.54, 1.807) is 6.20 Å². The van der Waals surface area contributed by atoms with Gasteiger partial charge in [-0.2, -0.15) is 0 Å². The molecule has 20 heavy (non-hydrogen) atoms. The Kier molecular flexibility index (Phi) is 3.09. The Morgan fingerprint density at radius 2 is 1.40 bits per heavy atom. The van der Waals surface area contributed by atoms with E-state index >= 15 is 0 Å². The van der Waals surface area contributed by atoms with Gasteiger partial charge in [-0.15, -0.1) is 0 Å². The molecule has 0 fully saturated rings. The molecule has 0 saturated heterocycles. The van der Waals surface area contributed by atoms with Crippen molar-refractivity contribution >= 4 is 11.5 Å². The van der Waals surface area contributed by atoms with Gasteiger partial charge in [0.05, 0.1) is 5.69 Å². The molecule has 0 unspecified atom stereocenters. The first-order chi connectivity index (χ1) is 9.75. The summed E-state index contributed by atoms with van der Waals surface area (Å²) in [6.45, 7) is 0. The van der Waals surface area contributed by atoms with Crippen LogP contribution in [0.4, 0.5) is 11.5 Å². The Balaban J connectivity index is 2.10. The van der Waals surface area contributed by atoms with E-state index in [2.05, 4.69) is 29.2 Å². The van der Waals surface area contributed by atoms with Gasteiger partial charge in [0.25, 0.3) is 0 Å². The molecule has 0 aliphatic rings. The molecule has 1 aromatic heterocycles. The lowest BCUT2D eigenvalue weighted by Crippen LogP contribution is -1.99. The molecule has 0 aliphatic heterocycles. The number of benzene rings is 2. The molecule has 0 amide bonds. The highest BCUT2D eigenvalue weighted by Gasteiger charge is 2.07. The molecular weight excluding hydrogens is 246 g/mol. The summed E-state index contributed by atoms with van der Waals surface area (Å²) in [6, 6.07) is 20.4. The van der Waals surface area contributed by atoms with Crippen LogP contribution >= 0.6 is 0 Å². The predicted octanol–water partition coefficient (Wildman–Crippen LogP) is 3.58. The third-order valence-electron chi connectivity index (χ3n) is 3.30. The molecule has 4 N–H and O–H groups in total. The van der Waals surface area contributed by atoms with Crippen molar-refractivity contribution in [1.82, 2.24) is 4.98 Å². The first kappa shape index (κ1) is 12.2. The standard InChI is InChI=1S/C17H15N3/c18-16-15(9-10-20-17(16)19)14-8-4-7-13(11-14)12-5-2-1-3-6-12/h1-11H,18H2,(H2,19,20). The Hall–Kier alpha value is -2.81. The van der Waals surface area contributed by atoms with Gasteiger partial charge in [-0.1, -0.05) is 48.5 Å². The Labute approximate surface area is 117 Å². The molecule has 0 radical (unpaired) electrons. The number of nitrogens with zero attached hydrogens (tertiary/aromatic N) is 1. The smallest absolute Gasteiger partial charge is 0.147 e. The summed E-state index contributed by atoms with van der Waals surface area (Å²) in [5.41, 5.74) is 16.6. The molecule has 0 atom stereocenters. The fraction of sp³-hybridized carbons (Fsp3) is 0. The molecule has 3 nitrogen and oxygen atoms in total. The van der Waals surface area contributed by atoms with E-state index in [1.807, 2.05) is 36.4 Å². The van der Waals surface area contributed by atoms with E-state index in [-0.39, 0.29) is 0 Å². The summed E-state index contributed by atoms with van der Waals surface area (Å²) < 4.78 is 0. The van der Waals surface area contributed by atoms with Gasteiger partial charge in [0.2, 0.25) is 0 Å². The van der Waals surface area contributed by atoms with Crippen molar-refractivity contribution in [3.8, 4) is 22.3 Å². The summed E-state index contributed by atoms with van der Waals surface area (Å²) in [6.07, 6.45) is 1.68. The van der Waals surface area contributed by atoms with Crippen LogP contribution in [-0.2, 0) is 0 Å². The van der Waals surface area contributed by atoms with Crippen LogP contribution in [0.25, 0.3) is 22.3 Å². The van der Waals surface area contributed by atoms with E-state index in [1.165, 1.54) is 5.56 Å². The van der Waals surface area contributed by atoms with Gasteiger partial charge in [-0.05, 0) is 28.8 Å². The Morgan fingerprint density at radius 3 is 2.20 bits per heavy atom. The molecule has 0 aliphatic carbocycles. The molecule has 3 aromatic rings. The number of anilines is 2. The molecule has 2 aromatic carbocycles. The molecule has 0 saturated carbocycles. The van der Waals surface area contributed by atoms with Gasteiger partial charge in [0, 0.05) is 11.8 Å². The molecule has 0 spiro atoms. The van der Waals surface area contributed by atoms with Crippen molar-refractivity contribution in [1.29, 1.82) is 0 Å². The van der Waals surface area contributed by atoms with Crippen molar-refractivity contribution in [3.05, 3.63) is 66.9 Å². The molecule has 0 bridgehead atoms. The molecule has 1 heterocycles. The SMILES string of the molecule is Nc1nccc(-c2cccc(-c3ccccc3)c2)c1N. The van der Waals surface area contributed by atoms with Gasteiger partial charge in [0.1, 0.15) is 5.82 Å². The summed E-state index contributed by atoms with van der Waals surface area (Å²) in [5, 5.41) is 0. The van der Waals surface area contributed by atoms with Gasteiger partial charge in [0.15, 0.2) is 0 Å². The number of nitrogens with two attached hydrogens (primary N) is 2. The fourth-order valence-corrected chi connectivity index (χ4v) is 2.24. The van der Waals surface area contributed by atoms with Crippen molar-refractivity contribution in [3.63, 3.8) is 0 Å². The van der Waals surface area contributed by atoms with Crippen LogP contribution in [0.5, 0.6) is 0 Å². The summed E-state index contributed by atoms with van der Waals surface area (Å²) in [7, 11) is 0. The van der Waals surface area contributed by atoms with Crippen LogP contribution in [0.3, 0.4) is 0 Å². The Morgan fingerprint density at radius 1 is 0.700 bits per heavy atom. The van der Waals surface area contributed by atoms with Gasteiger partial charge in [-0.3, -0.25) is 0 Å². The average Bonchev–Trinajstić information content (AvgIpc) is 2.51. The van der Waals surface area contributed by atoms with E-state index < -0.39 is 0 Å². The van der Waals surface area contributed by atoms with E-state index in [4.69, 9.17) is 11.5 Å². The van der Waals surface area contributed by atoms with Gasteiger partial charge >= 0.3 is 0 Å². The number of hydrogen-bond donors (Lipinski definition) is 2. The van der Waals surface area contributed by atoms with Crippen molar-refractivity contribution < 1.29 is 0 Å². The summed E-state index contributed by atoms with van der Waals surface area (Å²) >= 11 is 0. The molecule has 98 valence electrons. The highest BCUT2D eigenvalue weighted by molar-refractivity contribution is 5.84. The fourth-order valence-electron chi connectivity index (χ4n) is 2.24. The number of pyridine rings is 1.